The number of benzene rings is 1. The summed E-state index contributed by atoms with van der Waals surface area (Å²) in [7, 11) is 0. The fourth-order valence-corrected chi connectivity index (χ4v) is 2.44. The minimum Gasteiger partial charge on any atom is -0.454 e. The van der Waals surface area contributed by atoms with Crippen LogP contribution in [-0.2, 0) is 0 Å². The number of rotatable bonds is 5. The van der Waals surface area contributed by atoms with Gasteiger partial charge in [-0.25, -0.2) is 0 Å². The Morgan fingerprint density at radius 2 is 2.09 bits per heavy atom. The van der Waals surface area contributed by atoms with Crippen molar-refractivity contribution >= 4 is 21.8 Å². The molecule has 116 valence electrons. The minimum atomic E-state index is -0.696. The van der Waals surface area contributed by atoms with E-state index in [2.05, 4.69) is 21.2 Å². The van der Waals surface area contributed by atoms with Gasteiger partial charge in [0.2, 0.25) is 6.79 Å². The van der Waals surface area contributed by atoms with E-state index in [-0.39, 0.29) is 18.5 Å². The van der Waals surface area contributed by atoms with E-state index >= 15 is 0 Å². The number of nitrogens with one attached hydrogen (secondary N) is 1. The van der Waals surface area contributed by atoms with Crippen LogP contribution in [0.5, 0.6) is 11.5 Å². The maximum atomic E-state index is 11.8. The summed E-state index contributed by atoms with van der Waals surface area (Å²) in [6.45, 7) is 0.524. The third-order valence-corrected chi connectivity index (χ3v) is 3.71. The average molecular weight is 368 g/mol. The molecule has 0 fully saturated rings. The number of aliphatic hydroxyl groups is 1. The fraction of sp³-hybridized carbons (Fsp3) is 0.267. The van der Waals surface area contributed by atoms with E-state index in [4.69, 9.17) is 13.9 Å². The molecule has 0 aliphatic carbocycles. The van der Waals surface area contributed by atoms with Crippen LogP contribution in [0.4, 0.5) is 0 Å². The second kappa shape index (κ2) is 6.41. The predicted molar refractivity (Wildman–Crippen MR) is 80.9 cm³/mol. The first-order valence-electron chi connectivity index (χ1n) is 6.74. The first-order chi connectivity index (χ1) is 10.6. The quantitative estimate of drug-likeness (QED) is 0.848. The second-order valence-corrected chi connectivity index (χ2v) is 5.56. The van der Waals surface area contributed by atoms with E-state index in [0.29, 0.717) is 29.1 Å². The Morgan fingerprint density at radius 3 is 2.86 bits per heavy atom. The van der Waals surface area contributed by atoms with Crippen LogP contribution >= 0.6 is 15.9 Å². The number of carbonyl (C=O) groups excluding carboxylic acids is 1. The topological polar surface area (TPSA) is 80.9 Å². The summed E-state index contributed by atoms with van der Waals surface area (Å²) in [5, 5.41) is 12.9. The Kier molecular flexibility index (Phi) is 4.35. The second-order valence-electron chi connectivity index (χ2n) is 4.78. The van der Waals surface area contributed by atoms with Crippen molar-refractivity contribution in [2.75, 3.05) is 13.3 Å². The van der Waals surface area contributed by atoms with Crippen molar-refractivity contribution in [1.29, 1.82) is 0 Å². The number of aliphatic hydroxyl groups excluding tert-OH is 1. The van der Waals surface area contributed by atoms with E-state index < -0.39 is 6.10 Å². The van der Waals surface area contributed by atoms with Gasteiger partial charge < -0.3 is 24.3 Å². The number of carbonyl (C=O) groups is 1. The molecule has 1 aromatic heterocycles. The largest absolute Gasteiger partial charge is 0.454 e. The van der Waals surface area contributed by atoms with Gasteiger partial charge in [0.05, 0.1) is 6.10 Å². The lowest BCUT2D eigenvalue weighted by Gasteiger charge is -2.12. The zero-order valence-electron chi connectivity index (χ0n) is 11.5. The molecule has 0 saturated heterocycles. The first-order valence-corrected chi connectivity index (χ1v) is 7.54. The van der Waals surface area contributed by atoms with Gasteiger partial charge in [-0.1, -0.05) is 6.07 Å². The van der Waals surface area contributed by atoms with Gasteiger partial charge in [-0.2, -0.15) is 0 Å². The summed E-state index contributed by atoms with van der Waals surface area (Å²) in [4.78, 5) is 11.8. The molecule has 1 aliphatic heterocycles. The molecule has 1 aromatic carbocycles. The van der Waals surface area contributed by atoms with Crippen LogP contribution < -0.4 is 14.8 Å². The van der Waals surface area contributed by atoms with Crippen LogP contribution in [-0.4, -0.2) is 24.4 Å². The van der Waals surface area contributed by atoms with Crippen LogP contribution in [0.2, 0.25) is 0 Å². The zero-order chi connectivity index (χ0) is 15.5. The number of furan rings is 1. The highest BCUT2D eigenvalue weighted by Gasteiger charge is 2.17. The van der Waals surface area contributed by atoms with Crippen molar-refractivity contribution in [3.8, 4) is 11.5 Å². The summed E-state index contributed by atoms with van der Waals surface area (Å²) in [5.74, 6) is 1.21. The molecule has 2 heterocycles. The molecule has 1 atom stereocenters. The number of hydrogen-bond acceptors (Lipinski definition) is 5. The highest BCUT2D eigenvalue weighted by atomic mass is 79.9. The maximum absolute atomic E-state index is 11.8. The van der Waals surface area contributed by atoms with Crippen molar-refractivity contribution in [3.05, 3.63) is 46.3 Å². The molecule has 3 rings (SSSR count). The Labute approximate surface area is 135 Å². The molecule has 2 aromatic rings. The number of amides is 1. The van der Waals surface area contributed by atoms with E-state index in [1.807, 2.05) is 0 Å². The Bertz CT molecular complexity index is 684. The van der Waals surface area contributed by atoms with Crippen LogP contribution in [0.25, 0.3) is 0 Å². The zero-order valence-corrected chi connectivity index (χ0v) is 13.1. The van der Waals surface area contributed by atoms with Gasteiger partial charge in [0, 0.05) is 6.54 Å². The third kappa shape index (κ3) is 3.26. The first kappa shape index (κ1) is 14.9. The van der Waals surface area contributed by atoms with Crippen molar-refractivity contribution in [1.82, 2.24) is 5.32 Å². The molecule has 6 nitrogen and oxygen atoms in total. The maximum Gasteiger partial charge on any atom is 0.287 e. The normalized spacial score (nSPS) is 13.9. The summed E-state index contributed by atoms with van der Waals surface area (Å²) >= 11 is 3.14. The Balaban J connectivity index is 1.52. The van der Waals surface area contributed by atoms with E-state index in [1.165, 1.54) is 0 Å². The minimum absolute atomic E-state index is 0.198. The Morgan fingerprint density at radius 1 is 1.27 bits per heavy atom. The lowest BCUT2D eigenvalue weighted by molar-refractivity contribution is 0.0913. The monoisotopic (exact) mass is 367 g/mol. The van der Waals surface area contributed by atoms with Crippen LogP contribution in [0.15, 0.2) is 39.4 Å². The number of ether oxygens (including phenoxy) is 2. The van der Waals surface area contributed by atoms with Gasteiger partial charge in [-0.3, -0.25) is 4.79 Å². The Hall–Kier alpha value is -1.99. The van der Waals surface area contributed by atoms with Gasteiger partial charge >= 0.3 is 0 Å². The van der Waals surface area contributed by atoms with E-state index in [9.17, 15) is 9.90 Å². The molecular weight excluding hydrogens is 354 g/mol. The lowest BCUT2D eigenvalue weighted by atomic mass is 10.1. The summed E-state index contributed by atoms with van der Waals surface area (Å²) in [6.07, 6.45) is -0.314. The molecule has 0 saturated carbocycles. The summed E-state index contributed by atoms with van der Waals surface area (Å²) in [5.41, 5.74) is 0.722. The average Bonchev–Trinajstić information content (AvgIpc) is 3.14. The fourth-order valence-electron chi connectivity index (χ4n) is 2.13. The molecule has 7 heteroatoms. The summed E-state index contributed by atoms with van der Waals surface area (Å²) in [6, 6.07) is 8.52. The van der Waals surface area contributed by atoms with Crippen LogP contribution in [0, 0.1) is 0 Å². The molecule has 1 amide bonds. The van der Waals surface area contributed by atoms with E-state index in [0.717, 1.165) is 5.56 Å². The van der Waals surface area contributed by atoms with Crippen LogP contribution in [0.3, 0.4) is 0 Å². The predicted octanol–water partition coefficient (Wildman–Crippen LogP) is 2.62. The molecular formula is C15H14BrNO5. The molecule has 0 spiro atoms. The summed E-state index contributed by atoms with van der Waals surface area (Å²) < 4.78 is 16.1. The van der Waals surface area contributed by atoms with Crippen molar-refractivity contribution in [3.63, 3.8) is 0 Å². The van der Waals surface area contributed by atoms with Crippen molar-refractivity contribution in [2.45, 2.75) is 12.5 Å². The number of hydrogen-bond donors (Lipinski definition) is 2. The van der Waals surface area contributed by atoms with E-state index in [1.54, 1.807) is 30.3 Å². The molecule has 0 bridgehead atoms. The highest BCUT2D eigenvalue weighted by molar-refractivity contribution is 9.10. The van der Waals surface area contributed by atoms with Crippen molar-refractivity contribution < 1.29 is 23.8 Å². The molecule has 1 unspecified atom stereocenters. The molecule has 1 aliphatic rings. The number of fused-ring (bicyclic) bond motifs is 1. The van der Waals surface area contributed by atoms with Gasteiger partial charge in [0.1, 0.15) is 0 Å². The highest BCUT2D eigenvalue weighted by Crippen LogP contribution is 2.34. The van der Waals surface area contributed by atoms with Gasteiger partial charge in [0.25, 0.3) is 5.91 Å². The standard InChI is InChI=1S/C15H14BrNO5/c16-14-4-3-12(22-14)15(19)17-6-5-10(18)9-1-2-11-13(7-9)21-8-20-11/h1-4,7,10,18H,5-6,8H2,(H,17,19). The van der Waals surface area contributed by atoms with Crippen molar-refractivity contribution in [2.24, 2.45) is 0 Å². The smallest absolute Gasteiger partial charge is 0.287 e. The lowest BCUT2D eigenvalue weighted by Crippen LogP contribution is -2.25. The van der Waals surface area contributed by atoms with Gasteiger partial charge in [-0.15, -0.1) is 0 Å². The van der Waals surface area contributed by atoms with Crippen LogP contribution in [0.1, 0.15) is 28.6 Å². The van der Waals surface area contributed by atoms with Gasteiger partial charge in [0.15, 0.2) is 21.9 Å². The third-order valence-electron chi connectivity index (χ3n) is 3.28. The SMILES string of the molecule is O=C(NCCC(O)c1ccc2c(c1)OCO2)c1ccc(Br)o1. The van der Waals surface area contributed by atoms with Gasteiger partial charge in [-0.05, 0) is 52.2 Å². The number of halogens is 1. The molecule has 2 N–H and O–H groups in total. The molecule has 0 radical (unpaired) electrons. The molecule has 22 heavy (non-hydrogen) atoms.